The third kappa shape index (κ3) is 95.5. The first-order valence-electron chi connectivity index (χ1n) is 24.3. The van der Waals surface area contributed by atoms with Crippen LogP contribution in [0.3, 0.4) is 0 Å². The average molecular weight is 1550 g/mol. The minimum atomic E-state index is -10.7. The van der Waals surface area contributed by atoms with E-state index in [2.05, 4.69) is 95.6 Å². The van der Waals surface area contributed by atoms with Crippen LogP contribution in [0.5, 0.6) is 0 Å². The monoisotopic (exact) mass is 1550 g/mol. The first-order chi connectivity index (χ1) is 42.7. The molecule has 0 spiro atoms. The standard InChI is InChI=1S/4C9H9N.4C6H7.4CN.F6P.5Mn.HNO3.4NO/c4*1-7-4-5-9(10-3)8(2)6-7;4*1-6-4-2-3-5-6;4*1-2;1-7(2,3,4,5)6;;;;;;2-1(3)4;4*1-2/h4*4-6H,1-2H3;4*2-5H,1H3;;;;;;;;;;;(H,2,3,4);;;;/q;;;;9*-1;;4*+2;;4*-1. The maximum Gasteiger partial charge on any atom is 2.00 e. The molecule has 0 fully saturated rings. The molecule has 0 saturated heterocycles. The number of nitrogens with zero attached hydrogens (tertiary/aromatic N) is 13. The van der Waals surface area contributed by atoms with Crippen LogP contribution in [0.25, 0.3) is 41.8 Å². The smallest absolute Gasteiger partial charge is 0.577 e. The molecule has 0 aromatic heterocycles. The summed E-state index contributed by atoms with van der Waals surface area (Å²) in [6.07, 6.45) is 0. The van der Waals surface area contributed by atoms with Gasteiger partial charge in [-0.25, -0.2) is 67.9 Å². The Hall–Kier alpha value is -9.59. The van der Waals surface area contributed by atoms with Gasteiger partial charge in [-0.2, -0.15) is 70.8 Å². The molecule has 515 valence electrons. The predicted octanol–water partition coefficient (Wildman–Crippen LogP) is 23.0. The van der Waals surface area contributed by atoms with Crippen molar-refractivity contribution in [1.82, 2.24) is 0 Å². The summed E-state index contributed by atoms with van der Waals surface area (Å²) in [5.41, 5.74) is 40.5. The Labute approximate surface area is 611 Å². The molecule has 8 aromatic carbocycles. The topological polar surface area (TPSA) is 333 Å². The van der Waals surface area contributed by atoms with Gasteiger partial charge < -0.3 is 94.5 Å². The third-order valence-corrected chi connectivity index (χ3v) is 9.21. The Morgan fingerprint density at radius 1 is 0.375 bits per heavy atom. The molecule has 20 nitrogen and oxygen atoms in total. The van der Waals surface area contributed by atoms with Crippen molar-refractivity contribution in [1.29, 1.82) is 21.0 Å². The van der Waals surface area contributed by atoms with E-state index in [1.807, 2.05) is 177 Å². The maximum atomic E-state index is 9.87. The van der Waals surface area contributed by atoms with E-state index in [0.29, 0.717) is 0 Å². The van der Waals surface area contributed by atoms with Gasteiger partial charge >= 0.3 is 101 Å². The minimum absolute atomic E-state index is 0. The maximum absolute atomic E-state index is 10.7. The number of aryl methyl sites for hydroxylation is 12. The van der Waals surface area contributed by atoms with Gasteiger partial charge in [0, 0.05) is 17.1 Å². The molecule has 96 heavy (non-hydrogen) atoms. The summed E-state index contributed by atoms with van der Waals surface area (Å²) in [4.78, 5) is 50.8. The zero-order valence-corrected chi connectivity index (χ0v) is 60.3. The van der Waals surface area contributed by atoms with E-state index in [0.717, 1.165) is 45.0 Å². The predicted molar refractivity (Wildman–Crippen MR) is 345 cm³/mol. The molecule has 0 unspecified atom stereocenters. The van der Waals surface area contributed by atoms with Crippen molar-refractivity contribution in [2.75, 3.05) is 0 Å². The largest absolute Gasteiger partial charge is 2.00 e. The van der Waals surface area contributed by atoms with Crippen LogP contribution in [0, 0.1) is 186 Å². The Kier molecular flexibility index (Phi) is 100. The Bertz CT molecular complexity index is 2960. The molecule has 8 aromatic rings. The van der Waals surface area contributed by atoms with Crippen LogP contribution in [0.15, 0.2) is 170 Å². The van der Waals surface area contributed by atoms with Crippen molar-refractivity contribution < 1.29 is 121 Å². The summed E-state index contributed by atoms with van der Waals surface area (Å²) in [5.74, 6) is 0. The van der Waals surface area contributed by atoms with Gasteiger partial charge in [-0.3, -0.25) is 0 Å². The first-order valence-corrected chi connectivity index (χ1v) is 26.3. The van der Waals surface area contributed by atoms with Crippen LogP contribution in [0.2, 0.25) is 0 Å². The van der Waals surface area contributed by atoms with Crippen LogP contribution < -0.4 is 0 Å². The summed E-state index contributed by atoms with van der Waals surface area (Å²) in [6.45, 7) is 70.4. The molecule has 0 aliphatic rings. The minimum Gasteiger partial charge on any atom is -0.577 e. The van der Waals surface area contributed by atoms with Gasteiger partial charge in [0.05, 0.1) is 26.3 Å². The number of rotatable bonds is 0. The van der Waals surface area contributed by atoms with Crippen LogP contribution in [-0.2, 0) is 85.3 Å². The van der Waals surface area contributed by atoms with Crippen molar-refractivity contribution in [2.45, 2.75) is 83.1 Å². The quantitative estimate of drug-likeness (QED) is 0.0371. The second kappa shape index (κ2) is 77.9. The Balaban J connectivity index is -0.0000000571. The van der Waals surface area contributed by atoms with E-state index in [-0.39, 0.29) is 85.3 Å². The van der Waals surface area contributed by atoms with Gasteiger partial charge in [0.15, 0.2) is 22.7 Å². The molecule has 5 radical (unpaired) electrons. The van der Waals surface area contributed by atoms with Crippen LogP contribution in [-0.4, -0.2) is 10.3 Å². The van der Waals surface area contributed by atoms with Gasteiger partial charge in [-0.15, -0.1) is 10.1 Å². The fourth-order valence-electron chi connectivity index (χ4n) is 5.60. The molecule has 0 aliphatic carbocycles. The summed E-state index contributed by atoms with van der Waals surface area (Å²) >= 11 is 0. The molecule has 1 N–H and O–H groups in total. The van der Waals surface area contributed by atoms with Gasteiger partial charge in [0.25, 0.3) is 5.09 Å². The number of nitroso groups, excluding NO2 is 4. The number of hydrogen-bond donors (Lipinski definition) is 1. The molecule has 0 bridgehead atoms. The average Bonchev–Trinajstić information content (AvgIpc) is 0.956. The zero-order chi connectivity index (χ0) is 73.9. The molecule has 0 amide bonds. The number of halogens is 6. The fraction of sp³-hybridized carbons (Fsp3) is 0.188. The summed E-state index contributed by atoms with van der Waals surface area (Å²) in [6, 6.07) is 56.3. The van der Waals surface area contributed by atoms with E-state index in [1.165, 1.54) is 44.5 Å². The van der Waals surface area contributed by atoms with Crippen LogP contribution >= 0.6 is 7.81 Å². The third-order valence-electron chi connectivity index (χ3n) is 9.21. The number of benzene rings is 4. The molecule has 8 rings (SSSR count). The SMILES string of the molecule is Cc1ccc[cH-]1.Cc1ccc[cH-]1.Cc1ccc[cH-]1.Cc1ccc[cH-]1.F[P-](F)(F)(F)(F)F.O=[N+]([O-])O.[C-]#N.[C-]#N.[C-]#N.[C-]#N.[C-]#[N+]c1ccc(C)cc1C.[C-]#[N+]c1ccc(C)cc1C.[C-]#[N+]c1ccc(C)cc1C.[C-]#[N+]c1ccc(C)cc1C.[Mn+2].[Mn+2].[Mn+2].[Mn+2].[Mn].[N-]=O.[N-]=O.[N-]=O.[N-]=O. The second-order valence-corrected chi connectivity index (χ2v) is 18.6. The van der Waals surface area contributed by atoms with E-state index in [9.17, 15) is 25.2 Å². The molecular formula is C64H65F6Mn5N13O7P-5. The summed E-state index contributed by atoms with van der Waals surface area (Å²) < 4.78 is 59.2. The molecule has 0 saturated carbocycles. The van der Waals surface area contributed by atoms with Gasteiger partial charge in [0.2, 0.25) is 0 Å². The second-order valence-electron chi connectivity index (χ2n) is 16.7. The molecular weight excluding hydrogens is 1480 g/mol. The number of hydrogen-bond acceptors (Lipinski definition) is 10. The molecule has 0 heterocycles. The van der Waals surface area contributed by atoms with Gasteiger partial charge in [-0.05, 0) is 77.6 Å². The van der Waals surface area contributed by atoms with Gasteiger partial charge in [-0.1, -0.05) is 123 Å². The van der Waals surface area contributed by atoms with Gasteiger partial charge in [0.1, 0.15) is 0 Å². The molecule has 32 heteroatoms. The summed E-state index contributed by atoms with van der Waals surface area (Å²) in [7, 11) is -10.7. The van der Waals surface area contributed by atoms with Crippen molar-refractivity contribution in [3.05, 3.63) is 361 Å². The molecule has 0 atom stereocenters. The van der Waals surface area contributed by atoms with Crippen molar-refractivity contribution in [3.8, 4) is 0 Å². The molecule has 0 aliphatic heterocycles. The summed E-state index contributed by atoms with van der Waals surface area (Å²) in [5, 5.41) is 38.6. The zero-order valence-electron chi connectivity index (χ0n) is 53.5. The van der Waals surface area contributed by atoms with E-state index < -0.39 is 12.9 Å². The van der Waals surface area contributed by atoms with Crippen LogP contribution in [0.1, 0.15) is 66.8 Å². The Morgan fingerprint density at radius 3 is 0.562 bits per heavy atom. The fourth-order valence-corrected chi connectivity index (χ4v) is 5.60. The van der Waals surface area contributed by atoms with Crippen molar-refractivity contribution >= 4 is 30.6 Å². The van der Waals surface area contributed by atoms with Crippen molar-refractivity contribution in [3.63, 3.8) is 0 Å². The first kappa shape index (κ1) is 124. The Morgan fingerprint density at radius 2 is 0.500 bits per heavy atom. The van der Waals surface area contributed by atoms with E-state index in [4.69, 9.17) is 131 Å². The van der Waals surface area contributed by atoms with E-state index in [1.54, 1.807) is 0 Å². The van der Waals surface area contributed by atoms with E-state index >= 15 is 0 Å². The van der Waals surface area contributed by atoms with Crippen LogP contribution in [0.4, 0.5) is 47.9 Å². The van der Waals surface area contributed by atoms with Crippen molar-refractivity contribution in [2.24, 2.45) is 0 Å². The normalized spacial score (nSPS) is 8.10.